The first-order chi connectivity index (χ1) is 10.4. The molecule has 0 fully saturated rings. The van der Waals surface area contributed by atoms with Crippen LogP contribution in [0.1, 0.15) is 53.1 Å². The average Bonchev–Trinajstić information content (AvgIpc) is 2.95. The van der Waals surface area contributed by atoms with E-state index in [2.05, 4.69) is 73.9 Å². The Hall–Kier alpha value is -0.340. The van der Waals surface area contributed by atoms with Gasteiger partial charge in [0.25, 0.3) is 0 Å². The van der Waals surface area contributed by atoms with Gasteiger partial charge in [0.05, 0.1) is 12.6 Å². The van der Waals surface area contributed by atoms with Crippen LogP contribution in [0.25, 0.3) is 0 Å². The highest BCUT2D eigenvalue weighted by Crippen LogP contribution is 2.23. The van der Waals surface area contributed by atoms with Gasteiger partial charge < -0.3 is 10.6 Å². The van der Waals surface area contributed by atoms with Crippen molar-refractivity contribution in [2.45, 2.75) is 53.1 Å². The van der Waals surface area contributed by atoms with Gasteiger partial charge in [-0.25, -0.2) is 0 Å². The molecule has 0 aliphatic carbocycles. The number of aliphatic imine (C=N–C) groups is 1. The van der Waals surface area contributed by atoms with Crippen molar-refractivity contribution in [3.63, 3.8) is 0 Å². The third-order valence-corrected chi connectivity index (χ3v) is 4.14. The van der Waals surface area contributed by atoms with Gasteiger partial charge in [0, 0.05) is 12.1 Å². The fourth-order valence-electron chi connectivity index (χ4n) is 2.40. The zero-order chi connectivity index (χ0) is 16.6. The maximum Gasteiger partial charge on any atom is 0.191 e. The Balaban J connectivity index is 0.00000484. The van der Waals surface area contributed by atoms with Crippen LogP contribution in [0.3, 0.4) is 0 Å². The fourth-order valence-corrected chi connectivity index (χ4v) is 3.11. The van der Waals surface area contributed by atoms with Crippen LogP contribution in [-0.4, -0.2) is 42.6 Å². The molecule has 1 atom stereocenters. The summed E-state index contributed by atoms with van der Waals surface area (Å²) in [6.07, 6.45) is 0. The van der Waals surface area contributed by atoms with Gasteiger partial charge in [-0.15, -0.1) is 24.0 Å². The van der Waals surface area contributed by atoms with Crippen LogP contribution in [0.15, 0.2) is 21.8 Å². The van der Waals surface area contributed by atoms with Gasteiger partial charge in [0.1, 0.15) is 0 Å². The lowest BCUT2D eigenvalue weighted by Gasteiger charge is -2.29. The standard InChI is InChI=1S/C17H32N4S.HI/c1-7-18-16(20-17(4,5)6)19-12-15(21(8-2)9-3)14-10-11-22-13-14;/h10-11,13,15H,7-9,12H2,1-6H3,(H2,18,19,20);1H. The largest absolute Gasteiger partial charge is 0.357 e. The van der Waals surface area contributed by atoms with Crippen LogP contribution in [0.5, 0.6) is 0 Å². The highest BCUT2D eigenvalue weighted by atomic mass is 127. The summed E-state index contributed by atoms with van der Waals surface area (Å²) < 4.78 is 0. The van der Waals surface area contributed by atoms with Crippen molar-refractivity contribution in [2.75, 3.05) is 26.2 Å². The van der Waals surface area contributed by atoms with E-state index in [4.69, 9.17) is 4.99 Å². The summed E-state index contributed by atoms with van der Waals surface area (Å²) in [6, 6.07) is 2.56. The monoisotopic (exact) mass is 452 g/mol. The molecule has 1 aromatic heterocycles. The molecule has 2 N–H and O–H groups in total. The van der Waals surface area contributed by atoms with E-state index in [1.807, 2.05) is 0 Å². The molecular weight excluding hydrogens is 419 g/mol. The topological polar surface area (TPSA) is 39.7 Å². The van der Waals surface area contributed by atoms with Crippen molar-refractivity contribution in [1.29, 1.82) is 0 Å². The second-order valence-electron chi connectivity index (χ2n) is 6.39. The van der Waals surface area contributed by atoms with Gasteiger partial charge in [0.2, 0.25) is 0 Å². The Morgan fingerprint density at radius 2 is 1.91 bits per heavy atom. The van der Waals surface area contributed by atoms with Gasteiger partial charge in [0.15, 0.2) is 5.96 Å². The first-order valence-electron chi connectivity index (χ1n) is 8.23. The lowest BCUT2D eigenvalue weighted by atomic mass is 10.1. The summed E-state index contributed by atoms with van der Waals surface area (Å²) >= 11 is 1.75. The van der Waals surface area contributed by atoms with Gasteiger partial charge in [-0.3, -0.25) is 9.89 Å². The predicted octanol–water partition coefficient (Wildman–Crippen LogP) is 4.10. The molecule has 134 valence electrons. The summed E-state index contributed by atoms with van der Waals surface area (Å²) in [5.41, 5.74) is 1.37. The van der Waals surface area contributed by atoms with Crippen molar-refractivity contribution in [2.24, 2.45) is 4.99 Å². The minimum absolute atomic E-state index is 0. The van der Waals surface area contributed by atoms with Crippen LogP contribution in [0.4, 0.5) is 0 Å². The molecular formula is C17H33IN4S. The molecule has 0 aliphatic rings. The molecule has 1 rings (SSSR count). The van der Waals surface area contributed by atoms with Crippen molar-refractivity contribution >= 4 is 41.3 Å². The first kappa shape index (κ1) is 22.7. The molecule has 0 bridgehead atoms. The molecule has 6 heteroatoms. The summed E-state index contributed by atoms with van der Waals surface area (Å²) in [6.45, 7) is 16.7. The van der Waals surface area contributed by atoms with Crippen LogP contribution in [0.2, 0.25) is 0 Å². The zero-order valence-electron chi connectivity index (χ0n) is 15.3. The van der Waals surface area contributed by atoms with Gasteiger partial charge in [-0.2, -0.15) is 11.3 Å². The third kappa shape index (κ3) is 8.35. The number of likely N-dealkylation sites (N-methyl/N-ethyl adjacent to an activating group) is 1. The van der Waals surface area contributed by atoms with Crippen molar-refractivity contribution in [3.8, 4) is 0 Å². The van der Waals surface area contributed by atoms with E-state index in [0.29, 0.717) is 6.04 Å². The fraction of sp³-hybridized carbons (Fsp3) is 0.706. The van der Waals surface area contributed by atoms with Crippen LogP contribution >= 0.6 is 35.3 Å². The van der Waals surface area contributed by atoms with Crippen LogP contribution in [-0.2, 0) is 0 Å². The number of hydrogen-bond donors (Lipinski definition) is 2. The lowest BCUT2D eigenvalue weighted by molar-refractivity contribution is 0.224. The highest BCUT2D eigenvalue weighted by molar-refractivity contribution is 14.0. The number of nitrogens with one attached hydrogen (secondary N) is 2. The van der Waals surface area contributed by atoms with E-state index in [9.17, 15) is 0 Å². The molecule has 0 saturated carbocycles. The Labute approximate surface area is 163 Å². The lowest BCUT2D eigenvalue weighted by Crippen LogP contribution is -2.48. The van der Waals surface area contributed by atoms with Gasteiger partial charge in [-0.1, -0.05) is 13.8 Å². The molecule has 1 aromatic rings. The molecule has 0 aliphatic heterocycles. The Morgan fingerprint density at radius 1 is 1.26 bits per heavy atom. The third-order valence-electron chi connectivity index (χ3n) is 3.44. The summed E-state index contributed by atoms with van der Waals surface area (Å²) in [7, 11) is 0. The van der Waals surface area contributed by atoms with Crippen LogP contribution < -0.4 is 10.6 Å². The van der Waals surface area contributed by atoms with E-state index >= 15 is 0 Å². The smallest absolute Gasteiger partial charge is 0.191 e. The second-order valence-corrected chi connectivity index (χ2v) is 7.17. The molecule has 0 aromatic carbocycles. The Kier molecular flexibility index (Phi) is 11.1. The predicted molar refractivity (Wildman–Crippen MR) is 114 cm³/mol. The van der Waals surface area contributed by atoms with Crippen LogP contribution in [0, 0.1) is 0 Å². The van der Waals surface area contributed by atoms with Crippen molar-refractivity contribution < 1.29 is 0 Å². The number of rotatable bonds is 7. The first-order valence-corrected chi connectivity index (χ1v) is 9.18. The van der Waals surface area contributed by atoms with E-state index in [0.717, 1.165) is 32.1 Å². The number of guanidine groups is 1. The van der Waals surface area contributed by atoms with Gasteiger partial charge >= 0.3 is 0 Å². The highest BCUT2D eigenvalue weighted by Gasteiger charge is 2.19. The summed E-state index contributed by atoms with van der Waals surface area (Å²) in [4.78, 5) is 7.29. The van der Waals surface area contributed by atoms with E-state index < -0.39 is 0 Å². The van der Waals surface area contributed by atoms with Gasteiger partial charge in [-0.05, 0) is 63.2 Å². The molecule has 23 heavy (non-hydrogen) atoms. The number of halogens is 1. The summed E-state index contributed by atoms with van der Waals surface area (Å²) in [5, 5.41) is 11.2. The Bertz CT molecular complexity index is 436. The second kappa shape index (κ2) is 11.3. The molecule has 0 spiro atoms. The molecule has 0 saturated heterocycles. The van der Waals surface area contributed by atoms with E-state index in [1.54, 1.807) is 11.3 Å². The maximum atomic E-state index is 4.83. The quantitative estimate of drug-likeness (QED) is 0.372. The number of thiophene rings is 1. The molecule has 0 radical (unpaired) electrons. The minimum atomic E-state index is 0. The number of hydrogen-bond acceptors (Lipinski definition) is 3. The molecule has 1 unspecified atom stereocenters. The number of nitrogens with zero attached hydrogens (tertiary/aromatic N) is 2. The maximum absolute atomic E-state index is 4.83. The normalized spacial score (nSPS) is 13.6. The van der Waals surface area contributed by atoms with E-state index in [1.165, 1.54) is 5.56 Å². The summed E-state index contributed by atoms with van der Waals surface area (Å²) in [5.74, 6) is 0.891. The molecule has 4 nitrogen and oxygen atoms in total. The average molecular weight is 452 g/mol. The minimum Gasteiger partial charge on any atom is -0.357 e. The molecule has 0 amide bonds. The van der Waals surface area contributed by atoms with E-state index in [-0.39, 0.29) is 29.5 Å². The SMILES string of the molecule is CCNC(=NCC(c1ccsc1)N(CC)CC)NC(C)(C)C.I. The zero-order valence-corrected chi connectivity index (χ0v) is 18.5. The van der Waals surface area contributed by atoms with Crippen molar-refractivity contribution in [3.05, 3.63) is 22.4 Å². The molecule has 1 heterocycles. The Morgan fingerprint density at radius 3 is 2.35 bits per heavy atom. The van der Waals surface area contributed by atoms with Crippen molar-refractivity contribution in [1.82, 2.24) is 15.5 Å².